The van der Waals surface area contributed by atoms with E-state index in [0.717, 1.165) is 10.2 Å². The number of rotatable bonds is 1. The van der Waals surface area contributed by atoms with E-state index in [2.05, 4.69) is 10.1 Å². The van der Waals surface area contributed by atoms with Crippen LogP contribution in [0.1, 0.15) is 5.56 Å². The summed E-state index contributed by atoms with van der Waals surface area (Å²) >= 11 is 0. The molecule has 0 aliphatic heterocycles. The van der Waals surface area contributed by atoms with Gasteiger partial charge in [-0.2, -0.15) is 5.10 Å². The molecule has 82 valence electrons. The van der Waals surface area contributed by atoms with Gasteiger partial charge in [-0.3, -0.25) is 4.98 Å². The maximum atomic E-state index is 10.8. The summed E-state index contributed by atoms with van der Waals surface area (Å²) in [6.07, 6.45) is 2.04. The van der Waals surface area contributed by atoms with Gasteiger partial charge < -0.3 is 10.8 Å². The first-order valence-corrected chi connectivity index (χ1v) is 4.60. The summed E-state index contributed by atoms with van der Waals surface area (Å²) in [6.45, 7) is 1.73. The van der Waals surface area contributed by atoms with Crippen molar-refractivity contribution in [2.75, 3.05) is 5.73 Å². The Hall–Kier alpha value is -2.37. The largest absolute Gasteiger partial charge is 0.463 e. The summed E-state index contributed by atoms with van der Waals surface area (Å²) in [6, 6.07) is 3.50. The third-order valence-electron chi connectivity index (χ3n) is 2.30. The molecule has 2 heterocycles. The molecule has 0 radical (unpaired) electrons. The standard InChI is InChI=1S/C10H10N4O2/c1-6-8(7-2-4-12-5-3-7)13-14(9(6)11)10(15)16/h2-5H,11H2,1H3,(H,15,16). The number of hydrogen-bond donors (Lipinski definition) is 2. The molecule has 0 amide bonds. The van der Waals surface area contributed by atoms with Crippen molar-refractivity contribution in [3.05, 3.63) is 30.1 Å². The summed E-state index contributed by atoms with van der Waals surface area (Å²) < 4.78 is 0.769. The van der Waals surface area contributed by atoms with Gasteiger partial charge in [0.05, 0.1) is 5.69 Å². The minimum Gasteiger partial charge on any atom is -0.463 e. The SMILES string of the molecule is Cc1c(-c2ccncc2)nn(C(=O)O)c1N. The van der Waals surface area contributed by atoms with Crippen molar-refractivity contribution in [1.29, 1.82) is 0 Å². The predicted octanol–water partition coefficient (Wildman–Crippen LogP) is 1.36. The smallest absolute Gasteiger partial charge is 0.434 e. The summed E-state index contributed by atoms with van der Waals surface area (Å²) in [4.78, 5) is 14.7. The number of nitrogen functional groups attached to an aromatic ring is 1. The number of carbonyl (C=O) groups is 1. The van der Waals surface area contributed by atoms with Crippen LogP contribution in [0.15, 0.2) is 24.5 Å². The van der Waals surface area contributed by atoms with E-state index in [1.807, 2.05) is 0 Å². The van der Waals surface area contributed by atoms with Crippen molar-refractivity contribution in [2.45, 2.75) is 6.92 Å². The number of carboxylic acid groups (broad SMARTS) is 1. The van der Waals surface area contributed by atoms with Crippen LogP contribution in [0.2, 0.25) is 0 Å². The van der Waals surface area contributed by atoms with Crippen LogP contribution in [0.25, 0.3) is 11.3 Å². The highest BCUT2D eigenvalue weighted by Gasteiger charge is 2.16. The quantitative estimate of drug-likeness (QED) is 0.753. The average Bonchev–Trinajstić information content (AvgIpc) is 2.58. The van der Waals surface area contributed by atoms with E-state index in [4.69, 9.17) is 10.8 Å². The Kier molecular flexibility index (Phi) is 2.32. The molecule has 6 nitrogen and oxygen atoms in total. The fraction of sp³-hybridized carbons (Fsp3) is 0.100. The summed E-state index contributed by atoms with van der Waals surface area (Å²) in [7, 11) is 0. The molecule has 2 aromatic heterocycles. The van der Waals surface area contributed by atoms with Crippen LogP contribution < -0.4 is 5.73 Å². The topological polar surface area (TPSA) is 94.0 Å². The highest BCUT2D eigenvalue weighted by Crippen LogP contribution is 2.25. The average molecular weight is 218 g/mol. The number of nitrogens with zero attached hydrogens (tertiary/aromatic N) is 3. The van der Waals surface area contributed by atoms with Gasteiger partial charge in [0.2, 0.25) is 0 Å². The molecule has 16 heavy (non-hydrogen) atoms. The highest BCUT2D eigenvalue weighted by atomic mass is 16.4. The lowest BCUT2D eigenvalue weighted by Gasteiger charge is -1.96. The van der Waals surface area contributed by atoms with Crippen LogP contribution >= 0.6 is 0 Å². The van der Waals surface area contributed by atoms with Gasteiger partial charge in [-0.25, -0.2) is 4.79 Å². The lowest BCUT2D eigenvalue weighted by atomic mass is 10.1. The molecule has 2 rings (SSSR count). The Morgan fingerprint density at radius 2 is 2.06 bits per heavy atom. The normalized spacial score (nSPS) is 10.3. The Labute approximate surface area is 91.3 Å². The second-order valence-corrected chi connectivity index (χ2v) is 3.29. The van der Waals surface area contributed by atoms with Crippen LogP contribution in [0.4, 0.5) is 10.6 Å². The van der Waals surface area contributed by atoms with E-state index < -0.39 is 6.09 Å². The van der Waals surface area contributed by atoms with Gasteiger partial charge in [-0.05, 0) is 19.1 Å². The molecular formula is C10H10N4O2. The molecule has 0 atom stereocenters. The van der Waals surface area contributed by atoms with Gasteiger partial charge in [0, 0.05) is 23.5 Å². The molecule has 0 aliphatic carbocycles. The zero-order valence-corrected chi connectivity index (χ0v) is 8.58. The number of anilines is 1. The molecule has 0 spiro atoms. The molecule has 0 saturated heterocycles. The predicted molar refractivity (Wildman–Crippen MR) is 58.0 cm³/mol. The van der Waals surface area contributed by atoms with Gasteiger partial charge in [-0.15, -0.1) is 4.68 Å². The highest BCUT2D eigenvalue weighted by molar-refractivity contribution is 5.77. The molecular weight excluding hydrogens is 208 g/mol. The van der Waals surface area contributed by atoms with Gasteiger partial charge in [-0.1, -0.05) is 0 Å². The lowest BCUT2D eigenvalue weighted by Crippen LogP contribution is -2.12. The van der Waals surface area contributed by atoms with Crippen molar-refractivity contribution >= 4 is 11.9 Å². The maximum Gasteiger partial charge on any atom is 0.434 e. The number of pyridine rings is 1. The molecule has 3 N–H and O–H groups in total. The molecule has 0 aromatic carbocycles. The van der Waals surface area contributed by atoms with Crippen LogP contribution in [0.5, 0.6) is 0 Å². The third kappa shape index (κ3) is 1.50. The molecule has 0 unspecified atom stereocenters. The van der Waals surface area contributed by atoms with Crippen molar-refractivity contribution in [3.63, 3.8) is 0 Å². The second-order valence-electron chi connectivity index (χ2n) is 3.29. The van der Waals surface area contributed by atoms with E-state index in [9.17, 15) is 4.79 Å². The summed E-state index contributed by atoms with van der Waals surface area (Å²) in [5.41, 5.74) is 7.64. The van der Waals surface area contributed by atoms with Crippen LogP contribution in [0.3, 0.4) is 0 Å². The molecule has 0 bridgehead atoms. The fourth-order valence-electron chi connectivity index (χ4n) is 1.44. The van der Waals surface area contributed by atoms with E-state index >= 15 is 0 Å². The Balaban J connectivity index is 2.60. The Bertz CT molecular complexity index is 533. The first-order valence-electron chi connectivity index (χ1n) is 4.60. The number of aromatic nitrogens is 3. The first-order chi connectivity index (χ1) is 7.61. The summed E-state index contributed by atoms with van der Waals surface area (Å²) in [5.74, 6) is 0.138. The zero-order chi connectivity index (χ0) is 11.7. The molecule has 6 heteroatoms. The van der Waals surface area contributed by atoms with E-state index in [1.165, 1.54) is 0 Å². The monoisotopic (exact) mass is 218 g/mol. The summed E-state index contributed by atoms with van der Waals surface area (Å²) in [5, 5.41) is 12.8. The Morgan fingerprint density at radius 1 is 1.44 bits per heavy atom. The van der Waals surface area contributed by atoms with Gasteiger partial charge in [0.25, 0.3) is 0 Å². The van der Waals surface area contributed by atoms with E-state index in [1.54, 1.807) is 31.5 Å². The zero-order valence-electron chi connectivity index (χ0n) is 8.58. The van der Waals surface area contributed by atoms with Gasteiger partial charge in [0.15, 0.2) is 0 Å². The minimum atomic E-state index is -1.19. The molecule has 0 aliphatic rings. The van der Waals surface area contributed by atoms with Crippen LogP contribution in [-0.4, -0.2) is 26.0 Å². The van der Waals surface area contributed by atoms with Gasteiger partial charge >= 0.3 is 6.09 Å². The van der Waals surface area contributed by atoms with Crippen LogP contribution in [0, 0.1) is 6.92 Å². The first kappa shape index (κ1) is 10.2. The van der Waals surface area contributed by atoms with Gasteiger partial charge in [0.1, 0.15) is 5.82 Å². The molecule has 0 fully saturated rings. The molecule has 2 aromatic rings. The van der Waals surface area contributed by atoms with Crippen molar-refractivity contribution in [3.8, 4) is 11.3 Å². The fourth-order valence-corrected chi connectivity index (χ4v) is 1.44. The maximum absolute atomic E-state index is 10.8. The number of nitrogens with two attached hydrogens (primary N) is 1. The van der Waals surface area contributed by atoms with Crippen molar-refractivity contribution in [2.24, 2.45) is 0 Å². The van der Waals surface area contributed by atoms with Crippen LogP contribution in [-0.2, 0) is 0 Å². The van der Waals surface area contributed by atoms with Crippen molar-refractivity contribution < 1.29 is 9.90 Å². The third-order valence-corrected chi connectivity index (χ3v) is 2.30. The Morgan fingerprint density at radius 3 is 2.56 bits per heavy atom. The number of hydrogen-bond acceptors (Lipinski definition) is 4. The lowest BCUT2D eigenvalue weighted by molar-refractivity contribution is 0.193. The van der Waals surface area contributed by atoms with E-state index in [0.29, 0.717) is 11.3 Å². The minimum absolute atomic E-state index is 0.138. The van der Waals surface area contributed by atoms with E-state index in [-0.39, 0.29) is 5.82 Å². The van der Waals surface area contributed by atoms with Crippen molar-refractivity contribution in [1.82, 2.24) is 14.8 Å². The second kappa shape index (κ2) is 3.65. The molecule has 0 saturated carbocycles.